The van der Waals surface area contributed by atoms with Crippen LogP contribution < -0.4 is 5.32 Å². The standard InChI is InChI=1S/C15H20F3NO/c1-10-4-2-7-13(19-10)9-14(20)11-5-3-6-12(8-11)15(16,17)18/h3,5-6,8,10,13-14,19-20H,2,4,7,9H2,1H3. The molecule has 2 nitrogen and oxygen atoms in total. The van der Waals surface area contributed by atoms with Gasteiger partial charge in [-0.15, -0.1) is 0 Å². The summed E-state index contributed by atoms with van der Waals surface area (Å²) in [5.41, 5.74) is -0.376. The molecule has 1 saturated heterocycles. The van der Waals surface area contributed by atoms with Crippen LogP contribution in [0.1, 0.15) is 49.8 Å². The Morgan fingerprint density at radius 2 is 2.10 bits per heavy atom. The monoisotopic (exact) mass is 287 g/mol. The van der Waals surface area contributed by atoms with Crippen LogP contribution in [-0.2, 0) is 6.18 Å². The lowest BCUT2D eigenvalue weighted by Gasteiger charge is -2.30. The minimum absolute atomic E-state index is 0.170. The molecule has 0 saturated carbocycles. The topological polar surface area (TPSA) is 32.3 Å². The molecule has 1 fully saturated rings. The van der Waals surface area contributed by atoms with Gasteiger partial charge >= 0.3 is 6.18 Å². The van der Waals surface area contributed by atoms with Gasteiger partial charge in [-0.05, 0) is 43.9 Å². The summed E-state index contributed by atoms with van der Waals surface area (Å²) >= 11 is 0. The number of benzene rings is 1. The highest BCUT2D eigenvalue weighted by atomic mass is 19.4. The molecule has 1 aliphatic heterocycles. The van der Waals surface area contributed by atoms with Crippen molar-refractivity contribution in [1.29, 1.82) is 0 Å². The summed E-state index contributed by atoms with van der Waals surface area (Å²) < 4.78 is 37.9. The molecule has 0 amide bonds. The second-order valence-corrected chi connectivity index (χ2v) is 5.57. The third-order valence-corrected chi connectivity index (χ3v) is 3.82. The number of rotatable bonds is 3. The van der Waals surface area contributed by atoms with Crippen molar-refractivity contribution in [2.45, 2.75) is 57.0 Å². The van der Waals surface area contributed by atoms with E-state index < -0.39 is 17.8 Å². The third kappa shape index (κ3) is 3.96. The molecule has 5 heteroatoms. The molecule has 1 aromatic rings. The second-order valence-electron chi connectivity index (χ2n) is 5.57. The summed E-state index contributed by atoms with van der Waals surface area (Å²) in [7, 11) is 0. The van der Waals surface area contributed by atoms with Gasteiger partial charge in [-0.25, -0.2) is 0 Å². The van der Waals surface area contributed by atoms with Crippen molar-refractivity contribution >= 4 is 0 Å². The Hall–Kier alpha value is -1.07. The second kappa shape index (κ2) is 6.14. The molecule has 0 aliphatic carbocycles. The smallest absolute Gasteiger partial charge is 0.388 e. The fraction of sp³-hybridized carbons (Fsp3) is 0.600. The first kappa shape index (κ1) is 15.3. The fourth-order valence-corrected chi connectivity index (χ4v) is 2.75. The Balaban J connectivity index is 2.03. The van der Waals surface area contributed by atoms with Crippen molar-refractivity contribution in [2.24, 2.45) is 0 Å². The molecule has 0 bridgehead atoms. The number of nitrogens with one attached hydrogen (secondary N) is 1. The number of piperidine rings is 1. The lowest BCUT2D eigenvalue weighted by atomic mass is 9.93. The van der Waals surface area contributed by atoms with Crippen LogP contribution in [0.3, 0.4) is 0 Å². The minimum atomic E-state index is -4.37. The number of hydrogen-bond donors (Lipinski definition) is 2. The van der Waals surface area contributed by atoms with Crippen LogP contribution in [0, 0.1) is 0 Å². The van der Waals surface area contributed by atoms with E-state index in [0.717, 1.165) is 31.4 Å². The highest BCUT2D eigenvalue weighted by Crippen LogP contribution is 2.32. The molecule has 0 spiro atoms. The van der Waals surface area contributed by atoms with Gasteiger partial charge in [0, 0.05) is 12.1 Å². The van der Waals surface area contributed by atoms with Gasteiger partial charge in [-0.3, -0.25) is 0 Å². The quantitative estimate of drug-likeness (QED) is 0.889. The molecular weight excluding hydrogens is 267 g/mol. The third-order valence-electron chi connectivity index (χ3n) is 3.82. The van der Waals surface area contributed by atoms with E-state index in [4.69, 9.17) is 0 Å². The molecule has 112 valence electrons. The molecule has 1 aliphatic rings. The average Bonchev–Trinajstić information content (AvgIpc) is 2.38. The average molecular weight is 287 g/mol. The summed E-state index contributed by atoms with van der Waals surface area (Å²) in [5.74, 6) is 0. The van der Waals surface area contributed by atoms with E-state index in [2.05, 4.69) is 12.2 Å². The number of aliphatic hydroxyl groups is 1. The van der Waals surface area contributed by atoms with Gasteiger partial charge in [0.2, 0.25) is 0 Å². The van der Waals surface area contributed by atoms with Crippen molar-refractivity contribution in [2.75, 3.05) is 0 Å². The minimum Gasteiger partial charge on any atom is -0.388 e. The first-order chi connectivity index (χ1) is 9.36. The van der Waals surface area contributed by atoms with Crippen molar-refractivity contribution in [3.8, 4) is 0 Å². The maximum Gasteiger partial charge on any atom is 0.416 e. The van der Waals surface area contributed by atoms with Crippen LogP contribution in [0.5, 0.6) is 0 Å². The van der Waals surface area contributed by atoms with Crippen molar-refractivity contribution in [3.05, 3.63) is 35.4 Å². The molecule has 2 rings (SSSR count). The molecule has 1 heterocycles. The van der Waals surface area contributed by atoms with Crippen LogP contribution >= 0.6 is 0 Å². The summed E-state index contributed by atoms with van der Waals surface area (Å²) in [6, 6.07) is 5.53. The Bertz CT molecular complexity index is 447. The summed E-state index contributed by atoms with van der Waals surface area (Å²) in [5, 5.41) is 13.5. The summed E-state index contributed by atoms with van der Waals surface area (Å²) in [4.78, 5) is 0. The first-order valence-corrected chi connectivity index (χ1v) is 6.97. The van der Waals surface area contributed by atoms with Gasteiger partial charge in [-0.2, -0.15) is 13.2 Å². The molecule has 2 N–H and O–H groups in total. The maximum absolute atomic E-state index is 12.6. The molecule has 0 aromatic heterocycles. The van der Waals surface area contributed by atoms with E-state index in [1.165, 1.54) is 6.07 Å². The largest absolute Gasteiger partial charge is 0.416 e. The van der Waals surface area contributed by atoms with Crippen molar-refractivity contribution in [1.82, 2.24) is 5.32 Å². The Morgan fingerprint density at radius 1 is 1.35 bits per heavy atom. The predicted molar refractivity (Wildman–Crippen MR) is 71.3 cm³/mol. The number of alkyl halides is 3. The van der Waals surface area contributed by atoms with Gasteiger partial charge in [-0.1, -0.05) is 18.6 Å². The summed E-state index contributed by atoms with van der Waals surface area (Å²) in [6.07, 6.45) is -1.62. The maximum atomic E-state index is 12.6. The van der Waals surface area contributed by atoms with E-state index in [1.807, 2.05) is 0 Å². The normalized spacial score (nSPS) is 25.4. The molecule has 20 heavy (non-hydrogen) atoms. The zero-order valence-electron chi connectivity index (χ0n) is 11.5. The Morgan fingerprint density at radius 3 is 2.75 bits per heavy atom. The number of hydrogen-bond acceptors (Lipinski definition) is 2. The number of halogens is 3. The predicted octanol–water partition coefficient (Wildman–Crippen LogP) is 3.66. The highest BCUT2D eigenvalue weighted by molar-refractivity contribution is 5.27. The van der Waals surface area contributed by atoms with Gasteiger partial charge in [0.15, 0.2) is 0 Å². The van der Waals surface area contributed by atoms with Crippen molar-refractivity contribution < 1.29 is 18.3 Å². The van der Waals surface area contributed by atoms with E-state index in [0.29, 0.717) is 18.0 Å². The van der Waals surface area contributed by atoms with Crippen molar-refractivity contribution in [3.63, 3.8) is 0 Å². The van der Waals surface area contributed by atoms with Crippen LogP contribution in [0.2, 0.25) is 0 Å². The highest BCUT2D eigenvalue weighted by Gasteiger charge is 2.31. The van der Waals surface area contributed by atoms with E-state index >= 15 is 0 Å². The van der Waals surface area contributed by atoms with E-state index in [1.54, 1.807) is 6.07 Å². The van der Waals surface area contributed by atoms with Gasteiger partial charge in [0.25, 0.3) is 0 Å². The van der Waals surface area contributed by atoms with Crippen LogP contribution in [0.15, 0.2) is 24.3 Å². The SMILES string of the molecule is CC1CCCC(CC(O)c2cccc(C(F)(F)F)c2)N1. The van der Waals surface area contributed by atoms with Gasteiger partial charge in [0.1, 0.15) is 0 Å². The molecule has 1 aromatic carbocycles. The molecular formula is C15H20F3NO. The number of aliphatic hydroxyl groups excluding tert-OH is 1. The fourth-order valence-electron chi connectivity index (χ4n) is 2.75. The van der Waals surface area contributed by atoms with E-state index in [-0.39, 0.29) is 6.04 Å². The van der Waals surface area contributed by atoms with Gasteiger partial charge < -0.3 is 10.4 Å². The first-order valence-electron chi connectivity index (χ1n) is 6.97. The van der Waals surface area contributed by atoms with E-state index in [9.17, 15) is 18.3 Å². The molecule has 3 unspecified atom stereocenters. The lowest BCUT2D eigenvalue weighted by Crippen LogP contribution is -2.41. The zero-order valence-corrected chi connectivity index (χ0v) is 11.5. The lowest BCUT2D eigenvalue weighted by molar-refractivity contribution is -0.137. The Labute approximate surface area is 117 Å². The van der Waals surface area contributed by atoms with Crippen LogP contribution in [0.25, 0.3) is 0 Å². The molecule has 0 radical (unpaired) electrons. The van der Waals surface area contributed by atoms with Crippen LogP contribution in [0.4, 0.5) is 13.2 Å². The summed E-state index contributed by atoms with van der Waals surface area (Å²) in [6.45, 7) is 2.09. The van der Waals surface area contributed by atoms with Crippen LogP contribution in [-0.4, -0.2) is 17.2 Å². The molecule has 3 atom stereocenters. The zero-order chi connectivity index (χ0) is 14.8. The Kier molecular flexibility index (Phi) is 4.70. The van der Waals surface area contributed by atoms with Gasteiger partial charge in [0.05, 0.1) is 11.7 Å².